The first-order chi connectivity index (χ1) is 11.7. The van der Waals surface area contributed by atoms with Crippen LogP contribution in [0.4, 0.5) is 5.69 Å². The van der Waals surface area contributed by atoms with Crippen LogP contribution in [0.3, 0.4) is 0 Å². The van der Waals surface area contributed by atoms with Crippen molar-refractivity contribution >= 4 is 28.9 Å². The number of amides is 1. The van der Waals surface area contributed by atoms with Gasteiger partial charge in [0, 0.05) is 31.7 Å². The molecule has 1 heterocycles. The summed E-state index contributed by atoms with van der Waals surface area (Å²) in [7, 11) is 0. The van der Waals surface area contributed by atoms with Crippen LogP contribution >= 0.6 is 12.2 Å². The molecule has 6 heteroatoms. The fraction of sp³-hybridized carbons (Fsp3) is 0.222. The number of anilines is 1. The van der Waals surface area contributed by atoms with E-state index in [0.717, 1.165) is 17.2 Å². The molecule has 0 bridgehead atoms. The second-order valence-electron chi connectivity index (χ2n) is 5.46. The lowest BCUT2D eigenvalue weighted by atomic mass is 10.3. The highest BCUT2D eigenvalue weighted by molar-refractivity contribution is 7.80. The number of rotatable bonds is 3. The maximum atomic E-state index is 11.4. The summed E-state index contributed by atoms with van der Waals surface area (Å²) in [5.74, 6) is 1.64. The number of hydrogen-bond donors (Lipinski definition) is 2. The summed E-state index contributed by atoms with van der Waals surface area (Å²) >= 11 is 5.44. The number of hydrogen-bond acceptors (Lipinski definition) is 3. The number of nitrogens with zero attached hydrogens (tertiary/aromatic N) is 1. The van der Waals surface area contributed by atoms with Gasteiger partial charge in [-0.05, 0) is 48.6 Å². The van der Waals surface area contributed by atoms with E-state index in [1.165, 1.54) is 0 Å². The third-order valence-corrected chi connectivity index (χ3v) is 4.04. The molecule has 0 aliphatic carbocycles. The van der Waals surface area contributed by atoms with E-state index in [0.29, 0.717) is 31.2 Å². The molecule has 1 saturated heterocycles. The molecule has 124 valence electrons. The van der Waals surface area contributed by atoms with Gasteiger partial charge in [-0.2, -0.15) is 0 Å². The van der Waals surface area contributed by atoms with Gasteiger partial charge in [0.2, 0.25) is 5.91 Å². The van der Waals surface area contributed by atoms with Crippen molar-refractivity contribution in [2.24, 2.45) is 0 Å². The number of benzene rings is 2. The fourth-order valence-electron chi connectivity index (χ4n) is 2.40. The SMILES string of the molecule is O=C1CCN(C(=S)Nc2ccc(Oc3ccccc3)cc2)CCN1. The smallest absolute Gasteiger partial charge is 0.221 e. The Balaban J connectivity index is 1.57. The van der Waals surface area contributed by atoms with Crippen molar-refractivity contribution in [2.45, 2.75) is 6.42 Å². The number of thiocarbonyl (C=S) groups is 1. The zero-order valence-electron chi connectivity index (χ0n) is 13.2. The van der Waals surface area contributed by atoms with Gasteiger partial charge in [-0.3, -0.25) is 4.79 Å². The van der Waals surface area contributed by atoms with Gasteiger partial charge < -0.3 is 20.3 Å². The summed E-state index contributed by atoms with van der Waals surface area (Å²) in [6.07, 6.45) is 0.464. The van der Waals surface area contributed by atoms with E-state index < -0.39 is 0 Å². The average Bonchev–Trinajstić information content (AvgIpc) is 2.82. The quantitative estimate of drug-likeness (QED) is 0.841. The normalized spacial score (nSPS) is 14.5. The van der Waals surface area contributed by atoms with Crippen LogP contribution in [-0.4, -0.2) is 35.6 Å². The maximum Gasteiger partial charge on any atom is 0.221 e. The van der Waals surface area contributed by atoms with Gasteiger partial charge >= 0.3 is 0 Å². The number of carbonyl (C=O) groups is 1. The monoisotopic (exact) mass is 341 g/mol. The molecule has 0 atom stereocenters. The molecular formula is C18H19N3O2S. The Morgan fingerprint density at radius 2 is 1.75 bits per heavy atom. The summed E-state index contributed by atoms with van der Waals surface area (Å²) < 4.78 is 5.77. The average molecular weight is 341 g/mol. The molecule has 0 unspecified atom stereocenters. The molecule has 1 aliphatic rings. The molecule has 2 aromatic carbocycles. The Hall–Kier alpha value is -2.60. The highest BCUT2D eigenvalue weighted by atomic mass is 32.1. The molecule has 0 saturated carbocycles. The summed E-state index contributed by atoms with van der Waals surface area (Å²) in [6.45, 7) is 1.96. The van der Waals surface area contributed by atoms with Gasteiger partial charge in [-0.1, -0.05) is 18.2 Å². The molecule has 2 aromatic rings. The molecule has 1 aliphatic heterocycles. The summed E-state index contributed by atoms with van der Waals surface area (Å²) in [6, 6.07) is 17.3. The minimum atomic E-state index is 0.0720. The van der Waals surface area contributed by atoms with Gasteiger partial charge in [0.25, 0.3) is 0 Å². The summed E-state index contributed by atoms with van der Waals surface area (Å²) in [4.78, 5) is 13.4. The first-order valence-electron chi connectivity index (χ1n) is 7.86. The number of para-hydroxylation sites is 1. The Kier molecular flexibility index (Phi) is 5.28. The zero-order chi connectivity index (χ0) is 16.8. The lowest BCUT2D eigenvalue weighted by Gasteiger charge is -2.23. The minimum Gasteiger partial charge on any atom is -0.457 e. The predicted molar refractivity (Wildman–Crippen MR) is 98.4 cm³/mol. The predicted octanol–water partition coefficient (Wildman–Crippen LogP) is 3.00. The van der Waals surface area contributed by atoms with Gasteiger partial charge in [-0.15, -0.1) is 0 Å². The van der Waals surface area contributed by atoms with Crippen LogP contribution in [0.25, 0.3) is 0 Å². The molecule has 0 aromatic heterocycles. The molecule has 24 heavy (non-hydrogen) atoms. The third kappa shape index (κ3) is 4.45. The van der Waals surface area contributed by atoms with E-state index in [1.54, 1.807) is 0 Å². The highest BCUT2D eigenvalue weighted by Gasteiger charge is 2.15. The van der Waals surface area contributed by atoms with Crippen molar-refractivity contribution in [3.63, 3.8) is 0 Å². The number of carbonyl (C=O) groups excluding carboxylic acids is 1. The Morgan fingerprint density at radius 1 is 1.04 bits per heavy atom. The largest absolute Gasteiger partial charge is 0.457 e. The van der Waals surface area contributed by atoms with Crippen LogP contribution in [0.15, 0.2) is 54.6 Å². The molecule has 1 fully saturated rings. The van der Waals surface area contributed by atoms with Crippen molar-refractivity contribution < 1.29 is 9.53 Å². The van der Waals surface area contributed by atoms with Crippen LogP contribution in [0.1, 0.15) is 6.42 Å². The Morgan fingerprint density at radius 3 is 2.50 bits per heavy atom. The van der Waals surface area contributed by atoms with Crippen molar-refractivity contribution in [3.05, 3.63) is 54.6 Å². The van der Waals surface area contributed by atoms with E-state index in [4.69, 9.17) is 17.0 Å². The van der Waals surface area contributed by atoms with Crippen LogP contribution in [0.5, 0.6) is 11.5 Å². The Bertz CT molecular complexity index is 704. The molecule has 0 radical (unpaired) electrons. The molecule has 0 spiro atoms. The van der Waals surface area contributed by atoms with Crippen molar-refractivity contribution in [1.82, 2.24) is 10.2 Å². The highest BCUT2D eigenvalue weighted by Crippen LogP contribution is 2.22. The first kappa shape index (κ1) is 16.3. The molecule has 5 nitrogen and oxygen atoms in total. The zero-order valence-corrected chi connectivity index (χ0v) is 14.0. The van der Waals surface area contributed by atoms with E-state index in [1.807, 2.05) is 59.5 Å². The minimum absolute atomic E-state index is 0.0720. The lowest BCUT2D eigenvalue weighted by molar-refractivity contribution is -0.120. The van der Waals surface area contributed by atoms with Crippen LogP contribution in [0, 0.1) is 0 Å². The molecule has 3 rings (SSSR count). The van der Waals surface area contributed by atoms with E-state index in [2.05, 4.69) is 10.6 Å². The van der Waals surface area contributed by atoms with Crippen molar-refractivity contribution in [3.8, 4) is 11.5 Å². The summed E-state index contributed by atoms with van der Waals surface area (Å²) in [5, 5.41) is 6.68. The summed E-state index contributed by atoms with van der Waals surface area (Å²) in [5.41, 5.74) is 0.893. The van der Waals surface area contributed by atoms with E-state index in [9.17, 15) is 4.79 Å². The maximum absolute atomic E-state index is 11.4. The fourth-order valence-corrected chi connectivity index (χ4v) is 2.70. The number of nitrogens with one attached hydrogen (secondary N) is 2. The van der Waals surface area contributed by atoms with Crippen LogP contribution in [-0.2, 0) is 4.79 Å². The number of ether oxygens (including phenoxy) is 1. The second-order valence-corrected chi connectivity index (χ2v) is 5.84. The Labute approximate surface area is 146 Å². The van der Waals surface area contributed by atoms with Crippen molar-refractivity contribution in [1.29, 1.82) is 0 Å². The first-order valence-corrected chi connectivity index (χ1v) is 8.27. The third-order valence-electron chi connectivity index (χ3n) is 3.68. The van der Waals surface area contributed by atoms with E-state index >= 15 is 0 Å². The van der Waals surface area contributed by atoms with Crippen LogP contribution in [0.2, 0.25) is 0 Å². The lowest BCUT2D eigenvalue weighted by Crippen LogP contribution is -2.37. The second kappa shape index (κ2) is 7.79. The van der Waals surface area contributed by atoms with Gasteiger partial charge in [0.15, 0.2) is 5.11 Å². The molecule has 2 N–H and O–H groups in total. The van der Waals surface area contributed by atoms with Gasteiger partial charge in [0.05, 0.1) is 0 Å². The standard InChI is InChI=1S/C18H19N3O2S/c22-17-10-12-21(13-11-19-17)18(24)20-14-6-8-16(9-7-14)23-15-4-2-1-3-5-15/h1-9H,10-13H2,(H,19,22)(H,20,24). The van der Waals surface area contributed by atoms with Crippen LogP contribution < -0.4 is 15.4 Å². The van der Waals surface area contributed by atoms with Gasteiger partial charge in [-0.25, -0.2) is 0 Å². The van der Waals surface area contributed by atoms with Gasteiger partial charge in [0.1, 0.15) is 11.5 Å². The van der Waals surface area contributed by atoms with E-state index in [-0.39, 0.29) is 5.91 Å². The molecular weight excluding hydrogens is 322 g/mol. The molecule has 1 amide bonds. The topological polar surface area (TPSA) is 53.6 Å². The van der Waals surface area contributed by atoms with Crippen molar-refractivity contribution in [2.75, 3.05) is 25.0 Å².